The third-order valence-electron chi connectivity index (χ3n) is 18.6. The summed E-state index contributed by atoms with van der Waals surface area (Å²) >= 11 is 0. The van der Waals surface area contributed by atoms with E-state index in [1.54, 1.807) is 22.3 Å². The highest BCUT2D eigenvalue weighted by molar-refractivity contribution is 6.14. The molecule has 0 saturated heterocycles. The first-order chi connectivity index (χ1) is 47.3. The van der Waals surface area contributed by atoms with E-state index in [0.717, 1.165) is 71.4 Å². The minimum Gasteiger partial charge on any atom is -0.341 e. The SMILES string of the molecule is CC.CC.CC.CC.CC.CC.CC.CCN(C)C.CCn1c2ccccc2c2c(C)c(CN(C)C)c3c(c21)Cc1ccccc1C3.CCn1c2ccccc2c2c(CN(C)C)c(C)c3c(c21)Cc1ccccc1C3.CCn1c2ccccc2c2ccc3c(c21)Cc1ccccc1-3. The molecular weight excluding hydrogens is 1180 g/mol. The first-order valence-corrected chi connectivity index (χ1v) is 37.6. The summed E-state index contributed by atoms with van der Waals surface area (Å²) in [4.78, 5) is 6.75. The summed E-state index contributed by atoms with van der Waals surface area (Å²) in [5.41, 5.74) is 32.4. The second-order valence-electron chi connectivity index (χ2n) is 24.3. The van der Waals surface area contributed by atoms with Crippen molar-refractivity contribution in [2.75, 3.05) is 48.8 Å². The Hall–Kier alpha value is -7.74. The minimum atomic E-state index is 0.981. The molecule has 3 aromatic heterocycles. The van der Waals surface area contributed by atoms with Crippen molar-refractivity contribution in [1.82, 2.24) is 28.4 Å². The van der Waals surface area contributed by atoms with Crippen molar-refractivity contribution in [3.8, 4) is 11.1 Å². The Bertz CT molecular complexity index is 4420. The zero-order chi connectivity index (χ0) is 71.8. The van der Waals surface area contributed by atoms with Gasteiger partial charge in [0.1, 0.15) is 0 Å². The smallest absolute Gasteiger partial charge is 0.0533 e. The van der Waals surface area contributed by atoms with E-state index >= 15 is 0 Å². The Kier molecular flexibility index (Phi) is 32.1. The van der Waals surface area contributed by atoms with Crippen LogP contribution in [0.25, 0.3) is 76.5 Å². The lowest BCUT2D eigenvalue weighted by atomic mass is 9.80. The summed E-state index contributed by atoms with van der Waals surface area (Å²) in [5.74, 6) is 0. The molecule has 3 heterocycles. The first kappa shape index (κ1) is 79.9. The molecule has 0 radical (unpaired) electrons. The molecule has 0 N–H and O–H groups in total. The highest BCUT2D eigenvalue weighted by Gasteiger charge is 2.29. The summed E-state index contributed by atoms with van der Waals surface area (Å²) in [6.45, 7) is 47.8. The van der Waals surface area contributed by atoms with E-state index in [9.17, 15) is 0 Å². The fourth-order valence-electron chi connectivity index (χ4n) is 14.6. The van der Waals surface area contributed by atoms with Crippen molar-refractivity contribution in [3.63, 3.8) is 0 Å². The van der Waals surface area contributed by atoms with Crippen LogP contribution >= 0.6 is 0 Å². The van der Waals surface area contributed by atoms with Crippen molar-refractivity contribution in [3.05, 3.63) is 236 Å². The van der Waals surface area contributed by atoms with Gasteiger partial charge in [-0.25, -0.2) is 0 Å². The Labute approximate surface area is 589 Å². The highest BCUT2D eigenvalue weighted by atomic mass is 15.1. The summed E-state index contributed by atoms with van der Waals surface area (Å²) in [7, 11) is 12.8. The molecule has 6 heteroatoms. The molecule has 0 fully saturated rings. The zero-order valence-corrected chi connectivity index (χ0v) is 65.5. The summed E-state index contributed by atoms with van der Waals surface area (Å²) in [6.07, 6.45) is 5.25. The number of para-hydroxylation sites is 3. The molecule has 0 unspecified atom stereocenters. The second-order valence-corrected chi connectivity index (χ2v) is 24.3. The van der Waals surface area contributed by atoms with Gasteiger partial charge in [-0.3, -0.25) is 0 Å². The van der Waals surface area contributed by atoms with Gasteiger partial charge in [-0.2, -0.15) is 0 Å². The van der Waals surface area contributed by atoms with Crippen LogP contribution in [0.4, 0.5) is 0 Å². The van der Waals surface area contributed by atoms with Crippen LogP contribution in [0.15, 0.2) is 158 Å². The fourth-order valence-corrected chi connectivity index (χ4v) is 14.6. The summed E-state index contributed by atoms with van der Waals surface area (Å²) in [5, 5.41) is 8.51. The van der Waals surface area contributed by atoms with Gasteiger partial charge >= 0.3 is 0 Å². The lowest BCUT2D eigenvalue weighted by Gasteiger charge is -2.27. The van der Waals surface area contributed by atoms with Crippen LogP contribution in [0, 0.1) is 13.8 Å². The average Bonchev–Trinajstić information content (AvgIpc) is 1.63. The fraction of sp³-hybridized carbons (Fsp3) is 0.407. The van der Waals surface area contributed by atoms with Gasteiger partial charge in [-0.05, 0) is 204 Å². The van der Waals surface area contributed by atoms with Crippen molar-refractivity contribution >= 4 is 65.4 Å². The van der Waals surface area contributed by atoms with Gasteiger partial charge in [0.05, 0.1) is 16.6 Å². The van der Waals surface area contributed by atoms with E-state index in [0.29, 0.717) is 0 Å². The standard InChI is InChI=1S/2C26H28N2.C21H17N.C4H11N.7C2H6/c1-5-28-24-13-9-8-12-20(24)25-17(2)23(16-27(3)4)21-14-18-10-6-7-11-19(18)15-22(21)26(25)28;1-5-28-24-13-9-8-12-20(24)25-23(16-27(3)4)17(2)21-14-18-10-6-7-11-19(18)15-22(21)26(25)28;1-2-22-20-10-6-5-9-17(20)18-12-11-16-15-8-4-3-7-14(15)13-19(16)21(18)22;1-4-5(2)3;7*1-2/h2*6-13H,5,14-16H2,1-4H3;3-12H,2,13H2,1H3;4H2,1-3H3;7*1-2H3. The maximum absolute atomic E-state index is 2.55. The largest absolute Gasteiger partial charge is 0.341 e. The topological polar surface area (TPSA) is 24.5 Å². The number of hydrogen-bond acceptors (Lipinski definition) is 3. The quantitative estimate of drug-likeness (QED) is 0.152. The number of rotatable bonds is 8. The molecule has 0 amide bonds. The maximum Gasteiger partial charge on any atom is 0.0533 e. The molecule has 3 aliphatic carbocycles. The third kappa shape index (κ3) is 16.5. The lowest BCUT2D eigenvalue weighted by Crippen LogP contribution is -2.18. The minimum absolute atomic E-state index is 0.981. The Balaban J connectivity index is 0.000000234. The highest BCUT2D eigenvalue weighted by Crippen LogP contribution is 2.46. The molecule has 3 aliphatic rings. The van der Waals surface area contributed by atoms with Gasteiger partial charge in [-0.15, -0.1) is 0 Å². The van der Waals surface area contributed by atoms with Gasteiger partial charge < -0.3 is 28.4 Å². The van der Waals surface area contributed by atoms with Crippen molar-refractivity contribution < 1.29 is 0 Å². The molecule has 6 nitrogen and oxygen atoms in total. The Morgan fingerprint density at radius 1 is 0.289 bits per heavy atom. The van der Waals surface area contributed by atoms with Crippen LogP contribution in [0.5, 0.6) is 0 Å². The van der Waals surface area contributed by atoms with Crippen molar-refractivity contribution in [1.29, 1.82) is 0 Å². The van der Waals surface area contributed by atoms with Gasteiger partial charge in [-0.1, -0.05) is 243 Å². The van der Waals surface area contributed by atoms with E-state index in [1.165, 1.54) is 132 Å². The third-order valence-corrected chi connectivity index (χ3v) is 18.6. The van der Waals surface area contributed by atoms with E-state index in [4.69, 9.17) is 0 Å². The summed E-state index contributed by atoms with van der Waals surface area (Å²) < 4.78 is 7.58. The van der Waals surface area contributed by atoms with E-state index in [1.807, 2.05) is 96.9 Å². The van der Waals surface area contributed by atoms with Crippen LogP contribution in [0.3, 0.4) is 0 Å². The van der Waals surface area contributed by atoms with E-state index in [-0.39, 0.29) is 0 Å². The molecule has 0 saturated carbocycles. The number of fused-ring (bicyclic) bond motifs is 19. The molecule has 15 rings (SSSR count). The van der Waals surface area contributed by atoms with E-state index in [2.05, 4.69) is 270 Å². The molecule has 0 bridgehead atoms. The molecule has 0 aliphatic heterocycles. The molecule has 0 spiro atoms. The molecule has 97 heavy (non-hydrogen) atoms. The molecule has 520 valence electrons. The maximum atomic E-state index is 2.55. The molecule has 0 atom stereocenters. The molecular formula is C91H126N6. The Morgan fingerprint density at radius 2 is 0.629 bits per heavy atom. The van der Waals surface area contributed by atoms with Crippen LogP contribution in [-0.2, 0) is 64.8 Å². The zero-order valence-electron chi connectivity index (χ0n) is 65.5. The van der Waals surface area contributed by atoms with E-state index < -0.39 is 0 Å². The summed E-state index contributed by atoms with van der Waals surface area (Å²) in [6, 6.07) is 58.1. The number of benzene rings is 9. The van der Waals surface area contributed by atoms with Crippen LogP contribution < -0.4 is 0 Å². The lowest BCUT2D eigenvalue weighted by molar-refractivity contribution is 0.400. The number of nitrogens with zero attached hydrogens (tertiary/aromatic N) is 6. The van der Waals surface area contributed by atoms with Gasteiger partial charge in [0, 0.05) is 101 Å². The average molecular weight is 1300 g/mol. The predicted octanol–water partition coefficient (Wildman–Crippen LogP) is 24.5. The molecule has 9 aromatic carbocycles. The van der Waals surface area contributed by atoms with Crippen LogP contribution in [-0.4, -0.2) is 77.2 Å². The van der Waals surface area contributed by atoms with Crippen LogP contribution in [0.1, 0.15) is 203 Å². The second kappa shape index (κ2) is 39.0. The Morgan fingerprint density at radius 3 is 1.08 bits per heavy atom. The first-order valence-electron chi connectivity index (χ1n) is 37.6. The number of hydrogen-bond donors (Lipinski definition) is 0. The molecule has 12 aromatic rings. The predicted molar refractivity (Wildman–Crippen MR) is 436 cm³/mol. The monoisotopic (exact) mass is 1300 g/mol. The number of aromatic nitrogens is 3. The van der Waals surface area contributed by atoms with Crippen molar-refractivity contribution in [2.24, 2.45) is 0 Å². The van der Waals surface area contributed by atoms with Gasteiger partial charge in [0.2, 0.25) is 0 Å². The van der Waals surface area contributed by atoms with Gasteiger partial charge in [0.25, 0.3) is 0 Å². The van der Waals surface area contributed by atoms with Crippen molar-refractivity contribution in [2.45, 2.75) is 203 Å². The normalized spacial score (nSPS) is 11.5. The number of aryl methyl sites for hydroxylation is 4. The van der Waals surface area contributed by atoms with Gasteiger partial charge in [0.15, 0.2) is 0 Å². The van der Waals surface area contributed by atoms with Crippen LogP contribution in [0.2, 0.25) is 0 Å².